The number of nitrogens with one attached hydrogen (secondary N) is 1. The average molecular weight is 313 g/mol. The molecule has 1 N–H and O–H groups in total. The molecule has 5 nitrogen and oxygen atoms in total. The Balaban J connectivity index is 2.09. The molecule has 1 aromatic heterocycles. The van der Waals surface area contributed by atoms with Gasteiger partial charge in [-0.1, -0.05) is 0 Å². The molecule has 0 aliphatic heterocycles. The quantitative estimate of drug-likeness (QED) is 0.944. The highest BCUT2D eigenvalue weighted by molar-refractivity contribution is 9.10. The van der Waals surface area contributed by atoms with Gasteiger partial charge in [0.05, 0.1) is 4.47 Å². The zero-order valence-electron chi connectivity index (χ0n) is 9.52. The fourth-order valence-corrected chi connectivity index (χ4v) is 1.89. The highest BCUT2D eigenvalue weighted by atomic mass is 79.9. The highest BCUT2D eigenvalue weighted by Gasteiger charge is 2.09. The van der Waals surface area contributed by atoms with Gasteiger partial charge < -0.3 is 5.32 Å². The van der Waals surface area contributed by atoms with E-state index in [4.69, 9.17) is 0 Å². The Hall–Kier alpha value is -1.76. The van der Waals surface area contributed by atoms with Crippen LogP contribution in [-0.2, 0) is 11.3 Å². The number of carbonyl (C=O) groups is 1. The number of aryl methyl sites for hydroxylation is 1. The number of carbonyl (C=O) groups excluding carboxylic acids is 1. The van der Waals surface area contributed by atoms with E-state index in [2.05, 4.69) is 31.3 Å². The second-order valence-electron chi connectivity index (χ2n) is 3.72. The van der Waals surface area contributed by atoms with E-state index in [-0.39, 0.29) is 12.5 Å². The molecule has 2 rings (SSSR count). The first-order valence-electron chi connectivity index (χ1n) is 5.14. The molecule has 1 amide bonds. The number of rotatable bonds is 3. The number of anilines is 1. The van der Waals surface area contributed by atoms with E-state index in [1.54, 1.807) is 13.0 Å². The summed E-state index contributed by atoms with van der Waals surface area (Å²) in [5.41, 5.74) is 1.22. The zero-order chi connectivity index (χ0) is 13.1. The lowest BCUT2D eigenvalue weighted by atomic mass is 10.2. The molecule has 0 saturated heterocycles. The Labute approximate surface area is 111 Å². The fraction of sp³-hybridized carbons (Fsp3) is 0.182. The van der Waals surface area contributed by atoms with Crippen LogP contribution in [0.3, 0.4) is 0 Å². The van der Waals surface area contributed by atoms with Crippen LogP contribution < -0.4 is 5.32 Å². The van der Waals surface area contributed by atoms with E-state index in [1.165, 1.54) is 23.4 Å². The van der Waals surface area contributed by atoms with Crippen LogP contribution in [0.15, 0.2) is 29.3 Å². The van der Waals surface area contributed by atoms with Crippen molar-refractivity contribution in [2.24, 2.45) is 0 Å². The maximum Gasteiger partial charge on any atom is 0.246 e. The third-order valence-corrected chi connectivity index (χ3v) is 2.92. The molecule has 0 unspecified atom stereocenters. The maximum atomic E-state index is 13.4. The van der Waals surface area contributed by atoms with Gasteiger partial charge in [-0.15, -0.1) is 0 Å². The molecular weight excluding hydrogens is 303 g/mol. The summed E-state index contributed by atoms with van der Waals surface area (Å²) >= 11 is 3.08. The predicted molar refractivity (Wildman–Crippen MR) is 67.5 cm³/mol. The van der Waals surface area contributed by atoms with Crippen molar-refractivity contribution in [1.29, 1.82) is 0 Å². The van der Waals surface area contributed by atoms with Crippen LogP contribution in [0.2, 0.25) is 0 Å². The molecule has 0 spiro atoms. The van der Waals surface area contributed by atoms with Crippen LogP contribution in [-0.4, -0.2) is 20.7 Å². The Morgan fingerprint density at radius 2 is 2.33 bits per heavy atom. The molecule has 0 bridgehead atoms. The highest BCUT2D eigenvalue weighted by Crippen LogP contribution is 2.23. The first-order valence-corrected chi connectivity index (χ1v) is 5.93. The van der Waals surface area contributed by atoms with Crippen LogP contribution in [0.1, 0.15) is 5.56 Å². The van der Waals surface area contributed by atoms with Crippen molar-refractivity contribution in [2.75, 3.05) is 5.32 Å². The molecule has 18 heavy (non-hydrogen) atoms. The van der Waals surface area contributed by atoms with Crippen molar-refractivity contribution < 1.29 is 9.18 Å². The summed E-state index contributed by atoms with van der Waals surface area (Å²) in [6.07, 6.45) is 2.78. The van der Waals surface area contributed by atoms with E-state index in [0.717, 1.165) is 5.56 Å². The van der Waals surface area contributed by atoms with Gasteiger partial charge in [0, 0.05) is 5.69 Å². The van der Waals surface area contributed by atoms with Crippen LogP contribution in [0.25, 0.3) is 0 Å². The third kappa shape index (κ3) is 2.92. The molecule has 0 aliphatic rings. The van der Waals surface area contributed by atoms with Gasteiger partial charge in [-0.2, -0.15) is 5.10 Å². The largest absolute Gasteiger partial charge is 0.324 e. The first-order chi connectivity index (χ1) is 8.56. The van der Waals surface area contributed by atoms with Gasteiger partial charge in [-0.05, 0) is 40.5 Å². The lowest BCUT2D eigenvalue weighted by Crippen LogP contribution is -2.19. The van der Waals surface area contributed by atoms with E-state index in [1.807, 2.05) is 0 Å². The molecule has 2 aromatic rings. The van der Waals surface area contributed by atoms with Crippen molar-refractivity contribution >= 4 is 27.5 Å². The summed E-state index contributed by atoms with van der Waals surface area (Å²) in [6.45, 7) is 1.83. The summed E-state index contributed by atoms with van der Waals surface area (Å²) in [4.78, 5) is 15.4. The minimum atomic E-state index is -0.420. The summed E-state index contributed by atoms with van der Waals surface area (Å²) < 4.78 is 15.1. The maximum absolute atomic E-state index is 13.4. The first kappa shape index (κ1) is 12.7. The minimum Gasteiger partial charge on any atom is -0.324 e. The van der Waals surface area contributed by atoms with Gasteiger partial charge in [0.25, 0.3) is 0 Å². The van der Waals surface area contributed by atoms with Gasteiger partial charge >= 0.3 is 0 Å². The van der Waals surface area contributed by atoms with E-state index in [0.29, 0.717) is 10.2 Å². The predicted octanol–water partition coefficient (Wildman–Crippen LogP) is 2.13. The summed E-state index contributed by atoms with van der Waals surface area (Å²) in [5, 5.41) is 6.44. The van der Waals surface area contributed by atoms with Crippen LogP contribution >= 0.6 is 15.9 Å². The normalized spacial score (nSPS) is 10.4. The molecule has 0 radical (unpaired) electrons. The molecule has 0 fully saturated rings. The number of hydrogen-bond acceptors (Lipinski definition) is 3. The monoisotopic (exact) mass is 312 g/mol. The average Bonchev–Trinajstić information content (AvgIpc) is 2.78. The van der Waals surface area contributed by atoms with Crippen molar-refractivity contribution in [3.05, 3.63) is 40.6 Å². The Bertz CT molecular complexity index is 571. The molecule has 1 heterocycles. The van der Waals surface area contributed by atoms with E-state index >= 15 is 0 Å². The number of hydrogen-bond donors (Lipinski definition) is 1. The van der Waals surface area contributed by atoms with E-state index < -0.39 is 5.82 Å². The molecular formula is C11H10BrFN4O. The Kier molecular flexibility index (Phi) is 3.71. The van der Waals surface area contributed by atoms with Crippen molar-refractivity contribution in [3.8, 4) is 0 Å². The van der Waals surface area contributed by atoms with Crippen molar-refractivity contribution in [2.45, 2.75) is 13.5 Å². The lowest BCUT2D eigenvalue weighted by molar-refractivity contribution is -0.116. The molecule has 0 atom stereocenters. The van der Waals surface area contributed by atoms with Crippen molar-refractivity contribution in [1.82, 2.24) is 14.8 Å². The van der Waals surface area contributed by atoms with E-state index in [9.17, 15) is 9.18 Å². The standard InChI is InChI=1S/C11H10BrFN4O/c1-7-2-8(12)9(13)3-10(7)16-11(18)4-17-6-14-5-15-17/h2-3,5-6H,4H2,1H3,(H,16,18). The van der Waals surface area contributed by atoms with Gasteiger partial charge in [0.2, 0.25) is 5.91 Å². The number of amides is 1. The molecule has 0 aliphatic carbocycles. The summed E-state index contributed by atoms with van der Waals surface area (Å²) in [5.74, 6) is -0.707. The molecule has 94 valence electrons. The Morgan fingerprint density at radius 3 is 3.00 bits per heavy atom. The lowest BCUT2D eigenvalue weighted by Gasteiger charge is -2.09. The second-order valence-corrected chi connectivity index (χ2v) is 4.58. The number of nitrogens with zero attached hydrogens (tertiary/aromatic N) is 3. The van der Waals surface area contributed by atoms with Crippen LogP contribution in [0.5, 0.6) is 0 Å². The smallest absolute Gasteiger partial charge is 0.246 e. The zero-order valence-corrected chi connectivity index (χ0v) is 11.1. The molecule has 0 saturated carbocycles. The SMILES string of the molecule is Cc1cc(Br)c(F)cc1NC(=O)Cn1cncn1. The number of halogens is 2. The number of aromatic nitrogens is 3. The number of benzene rings is 1. The summed E-state index contributed by atoms with van der Waals surface area (Å²) in [6, 6.07) is 2.89. The molecule has 7 heteroatoms. The van der Waals surface area contributed by atoms with Gasteiger partial charge in [-0.25, -0.2) is 14.1 Å². The topological polar surface area (TPSA) is 59.8 Å². The van der Waals surface area contributed by atoms with Gasteiger partial charge in [0.15, 0.2) is 0 Å². The third-order valence-electron chi connectivity index (χ3n) is 2.31. The van der Waals surface area contributed by atoms with Crippen LogP contribution in [0, 0.1) is 12.7 Å². The second kappa shape index (κ2) is 5.26. The van der Waals surface area contributed by atoms with Gasteiger partial charge in [-0.3, -0.25) is 4.79 Å². The minimum absolute atomic E-state index is 0.0388. The van der Waals surface area contributed by atoms with Crippen molar-refractivity contribution in [3.63, 3.8) is 0 Å². The fourth-order valence-electron chi connectivity index (χ4n) is 1.43. The summed E-state index contributed by atoms with van der Waals surface area (Å²) in [7, 11) is 0. The van der Waals surface area contributed by atoms with Gasteiger partial charge in [0.1, 0.15) is 25.0 Å². The Morgan fingerprint density at radius 1 is 1.56 bits per heavy atom. The van der Waals surface area contributed by atoms with Crippen LogP contribution in [0.4, 0.5) is 10.1 Å². The molecule has 1 aromatic carbocycles.